The molecule has 0 spiro atoms. The van der Waals surface area contributed by atoms with Crippen molar-refractivity contribution in [3.63, 3.8) is 0 Å². The Kier molecular flexibility index (Phi) is 24.4. The summed E-state index contributed by atoms with van der Waals surface area (Å²) in [5.41, 5.74) is 5.03. The number of hydrogen-bond donors (Lipinski definition) is 1. The van der Waals surface area contributed by atoms with E-state index in [-0.39, 0.29) is 1.43 Å². The van der Waals surface area contributed by atoms with Crippen LogP contribution in [0.4, 0.5) is 0 Å². The lowest BCUT2D eigenvalue weighted by Crippen LogP contribution is -1.93. The lowest BCUT2D eigenvalue weighted by atomic mass is 10.5. The van der Waals surface area contributed by atoms with Crippen LogP contribution in [0.5, 0.6) is 0 Å². The van der Waals surface area contributed by atoms with Crippen LogP contribution in [-0.4, -0.2) is 12.8 Å². The first-order valence-corrected chi connectivity index (χ1v) is 2.43. The van der Waals surface area contributed by atoms with Gasteiger partial charge in [-0.3, -0.25) is 0 Å². The molecule has 0 aromatic rings. The molecule has 0 rings (SSSR count). The van der Waals surface area contributed by atoms with E-state index in [0.29, 0.717) is 0 Å². The van der Waals surface area contributed by atoms with Crippen molar-refractivity contribution < 1.29 is 6.22 Å². The van der Waals surface area contributed by atoms with Crippen molar-refractivity contribution in [1.82, 2.24) is 0 Å². The molecule has 7 heavy (non-hydrogen) atoms. The van der Waals surface area contributed by atoms with Crippen molar-refractivity contribution in [3.8, 4) is 0 Å². The van der Waals surface area contributed by atoms with Crippen LogP contribution in [0.3, 0.4) is 0 Å². The highest BCUT2D eigenvalue weighted by molar-refractivity contribution is 5.44. The molecule has 0 aliphatic carbocycles. The molecule has 0 saturated heterocycles. The molecule has 0 aromatic heterocycles. The van der Waals surface area contributed by atoms with E-state index in [0.717, 1.165) is 19.3 Å². The lowest BCUT2D eigenvalue weighted by molar-refractivity contribution is -0.106. The van der Waals surface area contributed by atoms with Gasteiger partial charge in [0.15, 0.2) is 0 Å². The minimum Gasteiger partial charge on any atom is -0.330 e. The third kappa shape index (κ3) is 187. The SMILES string of the molecule is CC=O.CCCN.[HH]. The van der Waals surface area contributed by atoms with Gasteiger partial charge in [0, 0.05) is 1.43 Å². The van der Waals surface area contributed by atoms with Crippen molar-refractivity contribution in [2.45, 2.75) is 20.3 Å². The number of aldehydes is 1. The quantitative estimate of drug-likeness (QED) is 0.501. The van der Waals surface area contributed by atoms with E-state index < -0.39 is 0 Å². The summed E-state index contributed by atoms with van der Waals surface area (Å²) in [5.74, 6) is 0. The molecule has 2 N–H and O–H groups in total. The van der Waals surface area contributed by atoms with Gasteiger partial charge in [-0.15, -0.1) is 0 Å². The van der Waals surface area contributed by atoms with Crippen molar-refractivity contribution in [3.05, 3.63) is 0 Å². The topological polar surface area (TPSA) is 43.1 Å². The predicted octanol–water partition coefficient (Wildman–Crippen LogP) is 0.806. The fourth-order valence-electron chi connectivity index (χ4n) is 0. The van der Waals surface area contributed by atoms with Crippen LogP contribution < -0.4 is 5.73 Å². The molecule has 0 atom stereocenters. The smallest absolute Gasteiger partial charge is 0.116 e. The van der Waals surface area contributed by atoms with E-state index >= 15 is 0 Å². The van der Waals surface area contributed by atoms with Gasteiger partial charge in [-0.05, 0) is 19.9 Å². The molecular formula is C5H15NO. The molecule has 0 saturated carbocycles. The zero-order valence-corrected chi connectivity index (χ0v) is 4.98. The summed E-state index contributed by atoms with van der Waals surface area (Å²) < 4.78 is 0. The highest BCUT2D eigenvalue weighted by Gasteiger charge is 1.55. The Balaban J connectivity index is -0.0000000575. The maximum atomic E-state index is 8.81. The Morgan fingerprint density at radius 3 is 2.00 bits per heavy atom. The fourth-order valence-corrected chi connectivity index (χ4v) is 0. The van der Waals surface area contributed by atoms with E-state index in [1.165, 1.54) is 6.92 Å². The summed E-state index contributed by atoms with van der Waals surface area (Å²) in [7, 11) is 0. The van der Waals surface area contributed by atoms with Crippen molar-refractivity contribution in [2.75, 3.05) is 6.54 Å². The summed E-state index contributed by atoms with van der Waals surface area (Å²) in [5, 5.41) is 0. The Morgan fingerprint density at radius 2 is 2.00 bits per heavy atom. The third-order valence-corrected chi connectivity index (χ3v) is 0.289. The second kappa shape index (κ2) is 17.4. The summed E-state index contributed by atoms with van der Waals surface area (Å²) in [4.78, 5) is 8.81. The fraction of sp³-hybridized carbons (Fsp3) is 0.800. The largest absolute Gasteiger partial charge is 0.330 e. The Morgan fingerprint density at radius 1 is 1.86 bits per heavy atom. The first kappa shape index (κ1) is 9.80. The number of hydrogen-bond acceptors (Lipinski definition) is 2. The minimum atomic E-state index is 0. The van der Waals surface area contributed by atoms with Crippen LogP contribution in [0.15, 0.2) is 0 Å². The molecule has 2 nitrogen and oxygen atoms in total. The normalized spacial score (nSPS) is 6.14. The number of carbonyl (C=O) groups excluding carboxylic acids is 1. The van der Waals surface area contributed by atoms with Crippen LogP contribution in [0.1, 0.15) is 21.7 Å². The van der Waals surface area contributed by atoms with Crippen molar-refractivity contribution >= 4 is 6.29 Å². The zero-order chi connectivity index (χ0) is 6.12. The van der Waals surface area contributed by atoms with Crippen LogP contribution in [0, 0.1) is 0 Å². The van der Waals surface area contributed by atoms with Gasteiger partial charge >= 0.3 is 0 Å². The van der Waals surface area contributed by atoms with E-state index in [9.17, 15) is 0 Å². The molecule has 0 radical (unpaired) electrons. The first-order chi connectivity index (χ1) is 3.33. The van der Waals surface area contributed by atoms with Gasteiger partial charge in [-0.25, -0.2) is 0 Å². The molecule has 2 heteroatoms. The van der Waals surface area contributed by atoms with Gasteiger partial charge in [0.25, 0.3) is 0 Å². The zero-order valence-electron chi connectivity index (χ0n) is 4.98. The highest BCUT2D eigenvalue weighted by atomic mass is 16.1. The van der Waals surface area contributed by atoms with Crippen molar-refractivity contribution in [2.24, 2.45) is 5.73 Å². The molecule has 0 aromatic carbocycles. The van der Waals surface area contributed by atoms with Gasteiger partial charge in [0.05, 0.1) is 0 Å². The average molecular weight is 105 g/mol. The average Bonchev–Trinajstić information content (AvgIpc) is 1.69. The molecule has 46 valence electrons. The monoisotopic (exact) mass is 105 g/mol. The van der Waals surface area contributed by atoms with Gasteiger partial charge in [-0.1, -0.05) is 6.92 Å². The number of nitrogens with two attached hydrogens (primary N) is 1. The van der Waals surface area contributed by atoms with E-state index in [1.54, 1.807) is 0 Å². The van der Waals surface area contributed by atoms with E-state index in [4.69, 9.17) is 10.5 Å². The molecule has 0 aliphatic rings. The highest BCUT2D eigenvalue weighted by Crippen LogP contribution is 1.57. The minimum absolute atomic E-state index is 0. The van der Waals surface area contributed by atoms with Crippen LogP contribution in [0.25, 0.3) is 0 Å². The molecular weight excluding hydrogens is 90.1 g/mol. The van der Waals surface area contributed by atoms with Gasteiger partial charge < -0.3 is 10.5 Å². The second-order valence-electron chi connectivity index (χ2n) is 1.02. The molecule has 0 amide bonds. The summed E-state index contributed by atoms with van der Waals surface area (Å²) in [6.07, 6.45) is 1.85. The molecule has 0 aliphatic heterocycles. The maximum absolute atomic E-state index is 8.81. The van der Waals surface area contributed by atoms with Crippen molar-refractivity contribution in [1.29, 1.82) is 0 Å². The molecule has 0 unspecified atom stereocenters. The molecule has 0 heterocycles. The molecule has 0 fully saturated rings. The summed E-state index contributed by atoms with van der Waals surface area (Å²) in [6.45, 7) is 4.32. The first-order valence-electron chi connectivity index (χ1n) is 2.43. The van der Waals surface area contributed by atoms with Gasteiger partial charge in [0.1, 0.15) is 6.29 Å². The second-order valence-corrected chi connectivity index (χ2v) is 1.02. The van der Waals surface area contributed by atoms with Gasteiger partial charge in [-0.2, -0.15) is 0 Å². The van der Waals surface area contributed by atoms with Crippen LogP contribution >= 0.6 is 0 Å². The summed E-state index contributed by atoms with van der Waals surface area (Å²) in [6, 6.07) is 0. The molecule has 0 bridgehead atoms. The Bertz CT molecular complexity index is 31.6. The van der Waals surface area contributed by atoms with Crippen LogP contribution in [0.2, 0.25) is 0 Å². The van der Waals surface area contributed by atoms with Gasteiger partial charge in [0.2, 0.25) is 0 Å². The Hall–Kier alpha value is -0.370. The lowest BCUT2D eigenvalue weighted by Gasteiger charge is -1.70. The number of rotatable bonds is 1. The van der Waals surface area contributed by atoms with Crippen LogP contribution in [-0.2, 0) is 4.79 Å². The summed E-state index contributed by atoms with van der Waals surface area (Å²) >= 11 is 0. The third-order valence-electron chi connectivity index (χ3n) is 0.289. The maximum Gasteiger partial charge on any atom is 0.116 e. The van der Waals surface area contributed by atoms with E-state index in [1.807, 2.05) is 0 Å². The van der Waals surface area contributed by atoms with E-state index in [2.05, 4.69) is 6.92 Å². The standard InChI is InChI=1S/C3H9N.C2H4O.H2/c1-2-3-4;1-2-3;/h2-4H2,1H3;2H,1H3;1H. The Labute approximate surface area is 46.2 Å². The number of carbonyl (C=O) groups is 1. The predicted molar refractivity (Wildman–Crippen MR) is 33.2 cm³/mol.